The van der Waals surface area contributed by atoms with Gasteiger partial charge in [-0.1, -0.05) is 29.5 Å². The van der Waals surface area contributed by atoms with Crippen LogP contribution in [-0.4, -0.2) is 85.1 Å². The van der Waals surface area contributed by atoms with Crippen LogP contribution in [0.15, 0.2) is 72.9 Å². The van der Waals surface area contributed by atoms with Gasteiger partial charge in [0.1, 0.15) is 5.52 Å². The number of amides is 1. The van der Waals surface area contributed by atoms with Gasteiger partial charge in [0.2, 0.25) is 0 Å². The standard InChI is InChI=1S/C28H27N7O2.ClH/c36-17-16-33-12-14-34(15-13-33)28(37)22-6-4-21(5-7-22)25-9-10-26-27(30-25)35(32-31-26)19-20-3-8-24-23(18-20)2-1-11-29-24;/h1-11,18,36H,12-17,19H2;1H. The number of benzene rings is 2. The minimum atomic E-state index is 0. The van der Waals surface area contributed by atoms with Crippen molar-refractivity contribution >= 4 is 40.4 Å². The Balaban J connectivity index is 0.00000294. The van der Waals surface area contributed by atoms with Crippen molar-refractivity contribution in [3.05, 3.63) is 84.1 Å². The molecular formula is C28H28ClN7O2. The van der Waals surface area contributed by atoms with E-state index < -0.39 is 0 Å². The molecule has 0 aliphatic carbocycles. The van der Waals surface area contributed by atoms with Gasteiger partial charge in [-0.25, -0.2) is 9.67 Å². The fourth-order valence-corrected chi connectivity index (χ4v) is 4.80. The Morgan fingerprint density at radius 3 is 2.50 bits per heavy atom. The van der Waals surface area contributed by atoms with E-state index in [0.717, 1.165) is 46.3 Å². The molecule has 1 amide bonds. The maximum Gasteiger partial charge on any atom is 0.253 e. The summed E-state index contributed by atoms with van der Waals surface area (Å²) in [6.45, 7) is 4.26. The lowest BCUT2D eigenvalue weighted by Gasteiger charge is -2.34. The SMILES string of the molecule is Cl.O=C(c1ccc(-c2ccc3nnn(Cc4ccc5ncccc5c4)c3n2)cc1)N1CCN(CCO)CC1. The second-order valence-electron chi connectivity index (χ2n) is 9.25. The third-order valence-electron chi connectivity index (χ3n) is 6.86. The molecule has 38 heavy (non-hydrogen) atoms. The highest BCUT2D eigenvalue weighted by Crippen LogP contribution is 2.22. The number of halogens is 1. The number of pyridine rings is 2. The normalized spacial score (nSPS) is 14.1. The van der Waals surface area contributed by atoms with Crippen LogP contribution in [0.2, 0.25) is 0 Å². The lowest BCUT2D eigenvalue weighted by molar-refractivity contribution is 0.0615. The molecule has 2 aromatic carbocycles. The number of aliphatic hydroxyl groups is 1. The Morgan fingerprint density at radius 1 is 0.921 bits per heavy atom. The predicted molar refractivity (Wildman–Crippen MR) is 148 cm³/mol. The van der Waals surface area contributed by atoms with Gasteiger partial charge in [0, 0.05) is 55.4 Å². The molecule has 5 aromatic rings. The van der Waals surface area contributed by atoms with Crippen molar-refractivity contribution in [2.45, 2.75) is 6.54 Å². The van der Waals surface area contributed by atoms with Gasteiger partial charge in [0.25, 0.3) is 5.91 Å². The van der Waals surface area contributed by atoms with Gasteiger partial charge >= 0.3 is 0 Å². The number of carbonyl (C=O) groups is 1. The number of piperazine rings is 1. The molecule has 0 atom stereocenters. The highest BCUT2D eigenvalue weighted by atomic mass is 35.5. The number of β-amino-alcohol motifs (C(OH)–C–C–N with tert-alkyl or cyclic N) is 1. The minimum absolute atomic E-state index is 0. The van der Waals surface area contributed by atoms with Crippen molar-refractivity contribution in [2.24, 2.45) is 0 Å². The van der Waals surface area contributed by atoms with E-state index in [1.807, 2.05) is 64.2 Å². The van der Waals surface area contributed by atoms with Crippen LogP contribution in [0.5, 0.6) is 0 Å². The highest BCUT2D eigenvalue weighted by Gasteiger charge is 2.22. The number of rotatable bonds is 6. The zero-order valence-corrected chi connectivity index (χ0v) is 21.6. The maximum absolute atomic E-state index is 13.0. The number of nitrogens with zero attached hydrogens (tertiary/aromatic N) is 7. The van der Waals surface area contributed by atoms with Gasteiger partial charge in [0.15, 0.2) is 5.65 Å². The van der Waals surface area contributed by atoms with E-state index in [-0.39, 0.29) is 24.9 Å². The Bertz CT molecular complexity index is 1560. The highest BCUT2D eigenvalue weighted by molar-refractivity contribution is 5.94. The van der Waals surface area contributed by atoms with E-state index >= 15 is 0 Å². The topological polar surface area (TPSA) is 100 Å². The van der Waals surface area contributed by atoms with Crippen LogP contribution in [0, 0.1) is 0 Å². The molecule has 10 heteroatoms. The average molecular weight is 530 g/mol. The van der Waals surface area contributed by atoms with Crippen LogP contribution in [0.3, 0.4) is 0 Å². The summed E-state index contributed by atoms with van der Waals surface area (Å²) in [5, 5.41) is 18.8. The second kappa shape index (κ2) is 11.2. The first-order valence-electron chi connectivity index (χ1n) is 12.4. The maximum atomic E-state index is 13.0. The molecule has 0 bridgehead atoms. The quantitative estimate of drug-likeness (QED) is 0.360. The summed E-state index contributed by atoms with van der Waals surface area (Å²) in [5.41, 5.74) is 5.90. The molecule has 3 aromatic heterocycles. The van der Waals surface area contributed by atoms with Gasteiger partial charge < -0.3 is 10.0 Å². The first-order chi connectivity index (χ1) is 18.2. The zero-order valence-electron chi connectivity index (χ0n) is 20.8. The fourth-order valence-electron chi connectivity index (χ4n) is 4.80. The Labute approximate surface area is 226 Å². The minimum Gasteiger partial charge on any atom is -0.395 e. The van der Waals surface area contributed by atoms with E-state index in [1.54, 1.807) is 6.20 Å². The van der Waals surface area contributed by atoms with Gasteiger partial charge in [-0.05, 0) is 48.0 Å². The van der Waals surface area contributed by atoms with Gasteiger partial charge in [-0.3, -0.25) is 14.7 Å². The van der Waals surface area contributed by atoms with E-state index in [9.17, 15) is 4.79 Å². The summed E-state index contributed by atoms with van der Waals surface area (Å²) in [4.78, 5) is 26.3. The first-order valence-corrected chi connectivity index (χ1v) is 12.4. The molecule has 1 saturated heterocycles. The van der Waals surface area contributed by atoms with E-state index in [1.165, 1.54) is 0 Å². The zero-order chi connectivity index (χ0) is 25.2. The Kier molecular flexibility index (Phi) is 7.59. The Morgan fingerprint density at radius 2 is 1.71 bits per heavy atom. The molecule has 0 radical (unpaired) electrons. The number of carbonyl (C=O) groups excluding carboxylic acids is 1. The predicted octanol–water partition coefficient (Wildman–Crippen LogP) is 3.26. The molecule has 0 unspecified atom stereocenters. The van der Waals surface area contributed by atoms with Gasteiger partial charge in [0.05, 0.1) is 24.4 Å². The molecule has 4 heterocycles. The van der Waals surface area contributed by atoms with Crippen LogP contribution in [0.4, 0.5) is 0 Å². The van der Waals surface area contributed by atoms with E-state index in [4.69, 9.17) is 10.1 Å². The van der Waals surface area contributed by atoms with E-state index in [0.29, 0.717) is 37.4 Å². The molecule has 1 fully saturated rings. The molecule has 194 valence electrons. The third-order valence-corrected chi connectivity index (χ3v) is 6.86. The van der Waals surface area contributed by atoms with Crippen molar-refractivity contribution in [3.63, 3.8) is 0 Å². The molecule has 1 N–H and O–H groups in total. The average Bonchev–Trinajstić information content (AvgIpc) is 3.35. The number of fused-ring (bicyclic) bond motifs is 2. The monoisotopic (exact) mass is 529 g/mol. The third kappa shape index (κ3) is 5.22. The summed E-state index contributed by atoms with van der Waals surface area (Å²) in [7, 11) is 0. The lowest BCUT2D eigenvalue weighted by Crippen LogP contribution is -2.49. The largest absolute Gasteiger partial charge is 0.395 e. The van der Waals surface area contributed by atoms with Crippen LogP contribution < -0.4 is 0 Å². The van der Waals surface area contributed by atoms with Crippen molar-refractivity contribution in [2.75, 3.05) is 39.3 Å². The first kappa shape index (κ1) is 25.7. The van der Waals surface area contributed by atoms with Crippen LogP contribution in [0.25, 0.3) is 33.3 Å². The molecule has 0 saturated carbocycles. The second-order valence-corrected chi connectivity index (χ2v) is 9.25. The van der Waals surface area contributed by atoms with Crippen molar-refractivity contribution in [1.29, 1.82) is 0 Å². The molecule has 1 aliphatic heterocycles. The number of aromatic nitrogens is 5. The number of hydrogen-bond acceptors (Lipinski definition) is 7. The van der Waals surface area contributed by atoms with Gasteiger partial charge in [-0.15, -0.1) is 17.5 Å². The molecule has 9 nitrogen and oxygen atoms in total. The van der Waals surface area contributed by atoms with Crippen LogP contribution in [-0.2, 0) is 6.54 Å². The molecular weight excluding hydrogens is 502 g/mol. The fraction of sp³-hybridized carbons (Fsp3) is 0.250. The summed E-state index contributed by atoms with van der Waals surface area (Å²) < 4.78 is 1.81. The molecule has 1 aliphatic rings. The van der Waals surface area contributed by atoms with Crippen LogP contribution >= 0.6 is 12.4 Å². The summed E-state index contributed by atoms with van der Waals surface area (Å²) in [5.74, 6) is 0.0338. The summed E-state index contributed by atoms with van der Waals surface area (Å²) >= 11 is 0. The lowest BCUT2D eigenvalue weighted by atomic mass is 10.1. The van der Waals surface area contributed by atoms with Crippen molar-refractivity contribution in [1.82, 2.24) is 34.8 Å². The molecule has 6 rings (SSSR count). The van der Waals surface area contributed by atoms with Crippen molar-refractivity contribution in [3.8, 4) is 11.3 Å². The molecule has 0 spiro atoms. The van der Waals surface area contributed by atoms with Crippen LogP contribution in [0.1, 0.15) is 15.9 Å². The van der Waals surface area contributed by atoms with Gasteiger partial charge in [-0.2, -0.15) is 0 Å². The Hall–Kier alpha value is -3.92. The number of hydrogen-bond donors (Lipinski definition) is 1. The van der Waals surface area contributed by atoms with Crippen molar-refractivity contribution < 1.29 is 9.90 Å². The summed E-state index contributed by atoms with van der Waals surface area (Å²) in [6, 6.07) is 21.6. The summed E-state index contributed by atoms with van der Waals surface area (Å²) in [6.07, 6.45) is 1.79. The smallest absolute Gasteiger partial charge is 0.253 e. The number of aliphatic hydroxyl groups excluding tert-OH is 1. The van der Waals surface area contributed by atoms with E-state index in [2.05, 4.69) is 32.3 Å².